The molecule has 0 atom stereocenters. The number of carbonyl (C=O) groups excluding carboxylic acids is 1. The van der Waals surface area contributed by atoms with Gasteiger partial charge in [0, 0.05) is 28.6 Å². The molecule has 3 rings (SSSR count). The summed E-state index contributed by atoms with van der Waals surface area (Å²) in [6.07, 6.45) is 4.73. The summed E-state index contributed by atoms with van der Waals surface area (Å²) < 4.78 is 7.36. The molecule has 0 radical (unpaired) electrons. The fourth-order valence-corrected chi connectivity index (χ4v) is 7.61. The standard InChI is InChI=1S/C28H35ClN2O3S2/c1-5-7-17-35-28(36-18-8-6-2)24-22-15-11-12-16-23(22)31(26(24)29)19-20-13-9-10-14-21(20)25(30-34-4)27(32)33-3/h9-16,28H,5-8,17-19H2,1-4H3. The topological polar surface area (TPSA) is 52.8 Å². The van der Waals surface area contributed by atoms with Crippen LogP contribution in [-0.4, -0.2) is 42.0 Å². The van der Waals surface area contributed by atoms with Crippen LogP contribution in [0.4, 0.5) is 0 Å². The van der Waals surface area contributed by atoms with Gasteiger partial charge in [-0.3, -0.25) is 0 Å². The minimum absolute atomic E-state index is 0.131. The quantitative estimate of drug-likeness (QED) is 0.0675. The third-order valence-electron chi connectivity index (χ3n) is 5.88. The molecule has 0 N–H and O–H groups in total. The number of carbonyl (C=O) groups is 1. The number of aromatic nitrogens is 1. The lowest BCUT2D eigenvalue weighted by Crippen LogP contribution is -2.20. The average Bonchev–Trinajstić information content (AvgIpc) is 3.17. The van der Waals surface area contributed by atoms with Crippen molar-refractivity contribution < 1.29 is 14.4 Å². The lowest BCUT2D eigenvalue weighted by molar-refractivity contribution is -0.132. The Morgan fingerprint density at radius 1 is 1.00 bits per heavy atom. The smallest absolute Gasteiger partial charge is 0.360 e. The highest BCUT2D eigenvalue weighted by Gasteiger charge is 2.25. The number of rotatable bonds is 14. The number of methoxy groups -OCH3 is 1. The summed E-state index contributed by atoms with van der Waals surface area (Å²) in [4.78, 5) is 17.4. The van der Waals surface area contributed by atoms with E-state index in [-0.39, 0.29) is 10.3 Å². The first-order valence-electron chi connectivity index (χ1n) is 12.3. The van der Waals surface area contributed by atoms with Gasteiger partial charge in [0.05, 0.1) is 11.7 Å². The van der Waals surface area contributed by atoms with Gasteiger partial charge in [-0.15, -0.1) is 23.5 Å². The molecule has 0 amide bonds. The van der Waals surface area contributed by atoms with Gasteiger partial charge in [-0.25, -0.2) is 4.79 Å². The monoisotopic (exact) mass is 546 g/mol. The molecule has 1 aromatic heterocycles. The van der Waals surface area contributed by atoms with Crippen molar-refractivity contribution in [3.63, 3.8) is 0 Å². The minimum Gasteiger partial charge on any atom is -0.464 e. The summed E-state index contributed by atoms with van der Waals surface area (Å²) in [5.41, 5.74) is 3.96. The molecular weight excluding hydrogens is 512 g/mol. The average molecular weight is 547 g/mol. The third kappa shape index (κ3) is 6.81. The van der Waals surface area contributed by atoms with E-state index in [2.05, 4.69) is 41.8 Å². The zero-order valence-corrected chi connectivity index (χ0v) is 23.8. The summed E-state index contributed by atoms with van der Waals surface area (Å²) in [5.74, 6) is 1.66. The Morgan fingerprint density at radius 3 is 2.28 bits per heavy atom. The molecule has 36 heavy (non-hydrogen) atoms. The third-order valence-corrected chi connectivity index (χ3v) is 9.23. The van der Waals surface area contributed by atoms with Gasteiger partial charge in [-0.1, -0.05) is 85.9 Å². The van der Waals surface area contributed by atoms with Gasteiger partial charge in [0.25, 0.3) is 0 Å². The van der Waals surface area contributed by atoms with Gasteiger partial charge in [0.15, 0.2) is 5.71 Å². The normalized spacial score (nSPS) is 11.9. The Balaban J connectivity index is 2.08. The molecule has 8 heteroatoms. The molecular formula is C28H35ClN2O3S2. The molecule has 0 spiro atoms. The zero-order chi connectivity index (χ0) is 25.9. The van der Waals surface area contributed by atoms with Gasteiger partial charge in [-0.2, -0.15) is 0 Å². The number of hydrogen-bond acceptors (Lipinski definition) is 6. The lowest BCUT2D eigenvalue weighted by atomic mass is 10.0. The van der Waals surface area contributed by atoms with E-state index in [4.69, 9.17) is 21.2 Å². The Hall–Kier alpha value is -2.09. The largest absolute Gasteiger partial charge is 0.464 e. The van der Waals surface area contributed by atoms with E-state index in [0.29, 0.717) is 12.1 Å². The van der Waals surface area contributed by atoms with E-state index < -0.39 is 5.97 Å². The molecule has 3 aromatic rings. The van der Waals surface area contributed by atoms with Crippen molar-refractivity contribution in [2.75, 3.05) is 25.7 Å². The Labute approximate surface area is 227 Å². The number of oxime groups is 1. The second kappa shape index (κ2) is 14.6. The van der Waals surface area contributed by atoms with Crippen molar-refractivity contribution in [2.45, 2.75) is 50.7 Å². The molecule has 0 saturated heterocycles. The van der Waals surface area contributed by atoms with Crippen LogP contribution in [0.15, 0.2) is 53.7 Å². The van der Waals surface area contributed by atoms with Crippen LogP contribution in [-0.2, 0) is 20.9 Å². The second-order valence-electron chi connectivity index (χ2n) is 8.36. The van der Waals surface area contributed by atoms with Gasteiger partial charge in [-0.05, 0) is 36.0 Å². The van der Waals surface area contributed by atoms with E-state index in [1.54, 1.807) is 0 Å². The van der Waals surface area contributed by atoms with Gasteiger partial charge >= 0.3 is 5.97 Å². The second-order valence-corrected chi connectivity index (χ2v) is 11.4. The van der Waals surface area contributed by atoms with Crippen LogP contribution in [0, 0.1) is 0 Å². The number of unbranched alkanes of at least 4 members (excludes halogenated alkanes) is 2. The lowest BCUT2D eigenvalue weighted by Gasteiger charge is -2.17. The number of thioether (sulfide) groups is 2. The first-order chi connectivity index (χ1) is 17.6. The van der Waals surface area contributed by atoms with E-state index in [9.17, 15) is 4.79 Å². The maximum atomic E-state index is 12.5. The van der Waals surface area contributed by atoms with E-state index in [1.165, 1.54) is 50.9 Å². The van der Waals surface area contributed by atoms with Crippen LogP contribution >= 0.6 is 35.1 Å². The summed E-state index contributed by atoms with van der Waals surface area (Å²) in [6, 6.07) is 16.1. The number of ether oxygens (including phenoxy) is 1. The number of benzene rings is 2. The maximum Gasteiger partial charge on any atom is 0.360 e. The molecule has 0 aliphatic carbocycles. The van der Waals surface area contributed by atoms with Crippen LogP contribution in [0.25, 0.3) is 10.9 Å². The molecule has 0 aliphatic heterocycles. The van der Waals surface area contributed by atoms with Crippen LogP contribution in [0.1, 0.15) is 60.8 Å². The molecule has 194 valence electrons. The Kier molecular flexibility index (Phi) is 11.5. The minimum atomic E-state index is -0.548. The van der Waals surface area contributed by atoms with E-state index in [0.717, 1.165) is 27.7 Å². The van der Waals surface area contributed by atoms with Crippen LogP contribution in [0.2, 0.25) is 5.15 Å². The van der Waals surface area contributed by atoms with Crippen molar-refractivity contribution in [3.05, 3.63) is 70.4 Å². The number of esters is 1. The van der Waals surface area contributed by atoms with Crippen molar-refractivity contribution in [1.82, 2.24) is 4.57 Å². The van der Waals surface area contributed by atoms with Crippen molar-refractivity contribution in [2.24, 2.45) is 5.16 Å². The number of hydrogen-bond donors (Lipinski definition) is 0. The molecule has 5 nitrogen and oxygen atoms in total. The Morgan fingerprint density at radius 2 is 1.64 bits per heavy atom. The van der Waals surface area contributed by atoms with Gasteiger partial charge in [0.2, 0.25) is 0 Å². The number of nitrogens with zero attached hydrogens (tertiary/aromatic N) is 2. The van der Waals surface area contributed by atoms with E-state index >= 15 is 0 Å². The van der Waals surface area contributed by atoms with Crippen molar-refractivity contribution in [1.29, 1.82) is 0 Å². The molecule has 0 aliphatic rings. The summed E-state index contributed by atoms with van der Waals surface area (Å²) in [5, 5.41) is 5.88. The fraction of sp³-hybridized carbons (Fsp3) is 0.429. The van der Waals surface area contributed by atoms with E-state index in [1.807, 2.05) is 53.9 Å². The molecule has 0 saturated carbocycles. The van der Waals surface area contributed by atoms with Crippen molar-refractivity contribution in [3.8, 4) is 0 Å². The van der Waals surface area contributed by atoms with Crippen LogP contribution < -0.4 is 0 Å². The highest BCUT2D eigenvalue weighted by atomic mass is 35.5. The maximum absolute atomic E-state index is 12.5. The summed E-state index contributed by atoms with van der Waals surface area (Å²) in [7, 11) is 2.76. The summed E-state index contributed by atoms with van der Waals surface area (Å²) in [6.45, 7) is 4.94. The first kappa shape index (κ1) is 28.5. The Bertz CT molecular complexity index is 1170. The number of fused-ring (bicyclic) bond motifs is 1. The SMILES string of the molecule is CCCCSC(SCCCC)c1c(Cl)n(Cc2ccccc2C(=NOC)C(=O)OC)c2ccccc12. The molecule has 1 heterocycles. The molecule has 2 aromatic carbocycles. The molecule has 0 bridgehead atoms. The predicted molar refractivity (Wildman–Crippen MR) is 156 cm³/mol. The van der Waals surface area contributed by atoms with Crippen LogP contribution in [0.5, 0.6) is 0 Å². The summed E-state index contributed by atoms with van der Waals surface area (Å²) >= 11 is 11.2. The highest BCUT2D eigenvalue weighted by Crippen LogP contribution is 2.47. The zero-order valence-electron chi connectivity index (χ0n) is 21.5. The highest BCUT2D eigenvalue weighted by molar-refractivity contribution is 8.16. The molecule has 0 unspecified atom stereocenters. The van der Waals surface area contributed by atoms with Crippen LogP contribution in [0.3, 0.4) is 0 Å². The van der Waals surface area contributed by atoms with Gasteiger partial charge < -0.3 is 14.1 Å². The van der Waals surface area contributed by atoms with Crippen molar-refractivity contribution >= 4 is 57.7 Å². The predicted octanol–water partition coefficient (Wildman–Crippen LogP) is 7.93. The fourth-order valence-electron chi connectivity index (χ4n) is 4.01. The number of halogens is 1. The number of para-hydroxylation sites is 1. The molecule has 0 fully saturated rings. The first-order valence-corrected chi connectivity index (χ1v) is 14.8. The van der Waals surface area contributed by atoms with Gasteiger partial charge in [0.1, 0.15) is 12.3 Å².